The average Bonchev–Trinajstić information content (AvgIpc) is 3.24. The Labute approximate surface area is 129 Å². The molecule has 1 aliphatic rings. The Bertz CT molecular complexity index is 658. The van der Waals surface area contributed by atoms with Crippen LogP contribution < -0.4 is 10.9 Å². The number of benzene rings is 1. The minimum atomic E-state index is -0.310. The Kier molecular flexibility index (Phi) is 4.23. The Morgan fingerprint density at radius 3 is 2.36 bits per heavy atom. The van der Waals surface area contributed by atoms with Crippen LogP contribution in [0.4, 0.5) is 0 Å². The summed E-state index contributed by atoms with van der Waals surface area (Å²) in [5, 5.41) is 0. The van der Waals surface area contributed by atoms with Gasteiger partial charge in [-0.3, -0.25) is 20.4 Å². The smallest absolute Gasteiger partial charge is 0.271 e. The highest BCUT2D eigenvalue weighted by molar-refractivity contribution is 5.98. The van der Waals surface area contributed by atoms with E-state index in [1.807, 2.05) is 41.2 Å². The molecule has 114 valence electrons. The predicted molar refractivity (Wildman–Crippen MR) is 83.3 cm³/mol. The first-order valence-electron chi connectivity index (χ1n) is 7.58. The van der Waals surface area contributed by atoms with E-state index in [1.165, 1.54) is 0 Å². The fraction of sp³-hybridized carbons (Fsp3) is 0.294. The monoisotopic (exact) mass is 297 g/mol. The molecule has 1 aliphatic carbocycles. The molecule has 1 saturated carbocycles. The molecule has 0 atom stereocenters. The normalized spacial score (nSPS) is 14.7. The van der Waals surface area contributed by atoms with Gasteiger partial charge in [0.2, 0.25) is 5.91 Å². The molecule has 5 nitrogen and oxygen atoms in total. The van der Waals surface area contributed by atoms with Gasteiger partial charge in [0.25, 0.3) is 5.91 Å². The van der Waals surface area contributed by atoms with E-state index >= 15 is 0 Å². The number of hydrogen-bond donors (Lipinski definition) is 2. The van der Waals surface area contributed by atoms with E-state index < -0.39 is 0 Å². The Morgan fingerprint density at radius 1 is 0.955 bits per heavy atom. The molecule has 2 amide bonds. The highest BCUT2D eigenvalue weighted by atomic mass is 16.2. The summed E-state index contributed by atoms with van der Waals surface area (Å²) >= 11 is 0. The molecule has 1 aromatic heterocycles. The fourth-order valence-electron chi connectivity index (χ4n) is 2.86. The highest BCUT2D eigenvalue weighted by Gasteiger charge is 2.23. The maximum absolute atomic E-state index is 12.3. The van der Waals surface area contributed by atoms with Crippen molar-refractivity contribution in [1.82, 2.24) is 15.4 Å². The predicted octanol–water partition coefficient (Wildman–Crippen LogP) is 2.43. The molecule has 1 fully saturated rings. The molecule has 0 bridgehead atoms. The van der Waals surface area contributed by atoms with E-state index in [0.29, 0.717) is 5.56 Å². The summed E-state index contributed by atoms with van der Waals surface area (Å²) in [6.45, 7) is 0. The van der Waals surface area contributed by atoms with Crippen LogP contribution in [0.15, 0.2) is 48.8 Å². The van der Waals surface area contributed by atoms with Crippen LogP contribution in [0.1, 0.15) is 36.0 Å². The zero-order valence-electron chi connectivity index (χ0n) is 12.3. The van der Waals surface area contributed by atoms with Gasteiger partial charge in [-0.05, 0) is 37.1 Å². The van der Waals surface area contributed by atoms with Crippen molar-refractivity contribution in [1.29, 1.82) is 0 Å². The van der Waals surface area contributed by atoms with Crippen molar-refractivity contribution < 1.29 is 9.59 Å². The van der Waals surface area contributed by atoms with Gasteiger partial charge in [0.15, 0.2) is 0 Å². The van der Waals surface area contributed by atoms with Gasteiger partial charge in [-0.2, -0.15) is 0 Å². The second-order valence-corrected chi connectivity index (χ2v) is 5.53. The number of nitrogens with zero attached hydrogens (tertiary/aromatic N) is 1. The molecule has 22 heavy (non-hydrogen) atoms. The second-order valence-electron chi connectivity index (χ2n) is 5.53. The van der Waals surface area contributed by atoms with Crippen molar-refractivity contribution in [2.45, 2.75) is 25.7 Å². The average molecular weight is 297 g/mol. The van der Waals surface area contributed by atoms with Crippen LogP contribution in [0.3, 0.4) is 0 Å². The lowest BCUT2D eigenvalue weighted by molar-refractivity contribution is -0.125. The second kappa shape index (κ2) is 6.47. The summed E-state index contributed by atoms with van der Waals surface area (Å²) in [6, 6.07) is 11.1. The number of rotatable bonds is 3. The number of nitrogens with one attached hydrogen (secondary N) is 2. The molecule has 0 unspecified atom stereocenters. The quantitative estimate of drug-likeness (QED) is 0.855. The molecule has 0 spiro atoms. The lowest BCUT2D eigenvalue weighted by Gasteiger charge is -2.13. The van der Waals surface area contributed by atoms with E-state index in [-0.39, 0.29) is 17.7 Å². The number of hydrazine groups is 1. The number of para-hydroxylation sites is 1. The number of amides is 2. The Morgan fingerprint density at radius 2 is 1.64 bits per heavy atom. The van der Waals surface area contributed by atoms with Crippen molar-refractivity contribution in [2.24, 2.45) is 5.92 Å². The molecule has 2 N–H and O–H groups in total. The minimum absolute atomic E-state index is 0.0278. The van der Waals surface area contributed by atoms with Crippen molar-refractivity contribution in [3.8, 4) is 5.69 Å². The van der Waals surface area contributed by atoms with Gasteiger partial charge in [0.1, 0.15) is 0 Å². The van der Waals surface area contributed by atoms with Crippen LogP contribution in [0, 0.1) is 5.92 Å². The minimum Gasteiger partial charge on any atom is -0.323 e. The lowest BCUT2D eigenvalue weighted by Crippen LogP contribution is -2.44. The van der Waals surface area contributed by atoms with Gasteiger partial charge >= 0.3 is 0 Å². The van der Waals surface area contributed by atoms with E-state index in [4.69, 9.17) is 0 Å². The molecular formula is C17H19N3O2. The van der Waals surface area contributed by atoms with Crippen LogP contribution in [-0.2, 0) is 4.79 Å². The number of hydrogen-bond acceptors (Lipinski definition) is 2. The van der Waals surface area contributed by atoms with Gasteiger partial charge < -0.3 is 4.57 Å². The summed E-state index contributed by atoms with van der Waals surface area (Å²) in [7, 11) is 0. The summed E-state index contributed by atoms with van der Waals surface area (Å²) in [5.41, 5.74) is 6.37. The Balaban J connectivity index is 1.69. The maximum Gasteiger partial charge on any atom is 0.271 e. The van der Waals surface area contributed by atoms with Crippen molar-refractivity contribution in [2.75, 3.05) is 0 Å². The fourth-order valence-corrected chi connectivity index (χ4v) is 2.86. The summed E-state index contributed by atoms with van der Waals surface area (Å²) in [6.07, 6.45) is 7.74. The molecule has 1 aromatic carbocycles. The first-order chi connectivity index (χ1) is 10.8. The van der Waals surface area contributed by atoms with E-state index in [0.717, 1.165) is 31.4 Å². The number of carbonyl (C=O) groups excluding carboxylic acids is 2. The van der Waals surface area contributed by atoms with Crippen molar-refractivity contribution >= 4 is 11.8 Å². The van der Waals surface area contributed by atoms with Gasteiger partial charge in [-0.1, -0.05) is 25.0 Å². The largest absolute Gasteiger partial charge is 0.323 e. The topological polar surface area (TPSA) is 63.1 Å². The first kappa shape index (κ1) is 14.4. The van der Waals surface area contributed by atoms with Crippen LogP contribution in [0.25, 0.3) is 5.69 Å². The number of aromatic nitrogens is 1. The maximum atomic E-state index is 12.3. The SMILES string of the molecule is O=C(NNC(=O)C1CCCC1)c1ccccc1-n1cccc1. The van der Waals surface area contributed by atoms with Gasteiger partial charge in [0.05, 0.1) is 11.3 Å². The zero-order chi connectivity index (χ0) is 15.4. The Hall–Kier alpha value is -2.56. The van der Waals surface area contributed by atoms with Crippen LogP contribution in [-0.4, -0.2) is 16.4 Å². The molecular weight excluding hydrogens is 278 g/mol. The molecule has 0 aliphatic heterocycles. The summed E-state index contributed by atoms with van der Waals surface area (Å²) in [4.78, 5) is 24.3. The third kappa shape index (κ3) is 3.03. The third-order valence-electron chi connectivity index (χ3n) is 4.06. The van der Waals surface area contributed by atoms with Gasteiger partial charge in [-0.25, -0.2) is 0 Å². The molecule has 0 radical (unpaired) electrons. The standard InChI is InChI=1S/C17H19N3O2/c21-16(13-7-1-2-8-13)18-19-17(22)14-9-3-4-10-15(14)20-11-5-6-12-20/h3-6,9-13H,1-2,7-8H2,(H,18,21)(H,19,22). The van der Waals surface area contributed by atoms with Crippen LogP contribution in [0.5, 0.6) is 0 Å². The van der Waals surface area contributed by atoms with Crippen LogP contribution >= 0.6 is 0 Å². The highest BCUT2D eigenvalue weighted by Crippen LogP contribution is 2.24. The lowest BCUT2D eigenvalue weighted by atomic mass is 10.1. The molecule has 5 heteroatoms. The zero-order valence-corrected chi connectivity index (χ0v) is 12.3. The van der Waals surface area contributed by atoms with Gasteiger partial charge in [0, 0.05) is 18.3 Å². The van der Waals surface area contributed by atoms with Crippen molar-refractivity contribution in [3.05, 3.63) is 54.4 Å². The van der Waals surface area contributed by atoms with E-state index in [2.05, 4.69) is 10.9 Å². The molecule has 2 aromatic rings. The molecule has 3 rings (SSSR count). The first-order valence-corrected chi connectivity index (χ1v) is 7.58. The number of carbonyl (C=O) groups is 2. The molecule has 1 heterocycles. The van der Waals surface area contributed by atoms with E-state index in [1.54, 1.807) is 12.1 Å². The summed E-state index contributed by atoms with van der Waals surface area (Å²) in [5.74, 6) is -0.375. The van der Waals surface area contributed by atoms with E-state index in [9.17, 15) is 9.59 Å². The molecule has 0 saturated heterocycles. The summed E-state index contributed by atoms with van der Waals surface area (Å²) < 4.78 is 1.87. The van der Waals surface area contributed by atoms with Crippen LogP contribution in [0.2, 0.25) is 0 Å². The van der Waals surface area contributed by atoms with Crippen molar-refractivity contribution in [3.63, 3.8) is 0 Å². The van der Waals surface area contributed by atoms with Gasteiger partial charge in [-0.15, -0.1) is 0 Å². The third-order valence-corrected chi connectivity index (χ3v) is 4.06.